The van der Waals surface area contributed by atoms with Gasteiger partial charge in [0.15, 0.2) is 0 Å². The van der Waals surface area contributed by atoms with Crippen molar-refractivity contribution >= 4 is 11.6 Å². The molecule has 0 spiro atoms. The third-order valence-corrected chi connectivity index (χ3v) is 4.39. The lowest BCUT2D eigenvalue weighted by Crippen LogP contribution is -2.20. The average Bonchev–Trinajstić information content (AvgIpc) is 2.93. The Labute approximate surface area is 125 Å². The van der Waals surface area contributed by atoms with Crippen molar-refractivity contribution < 1.29 is 0 Å². The number of aromatic nitrogens is 1. The van der Waals surface area contributed by atoms with Gasteiger partial charge >= 0.3 is 0 Å². The van der Waals surface area contributed by atoms with Crippen LogP contribution in [0.2, 0.25) is 5.02 Å². The van der Waals surface area contributed by atoms with Crippen molar-refractivity contribution in [1.82, 2.24) is 10.3 Å². The van der Waals surface area contributed by atoms with Crippen molar-refractivity contribution in [3.8, 4) is 0 Å². The Bertz CT molecular complexity index is 610. The number of hydrogen-bond acceptors (Lipinski definition) is 2. The van der Waals surface area contributed by atoms with Crippen LogP contribution in [0.1, 0.15) is 34.8 Å². The van der Waals surface area contributed by atoms with Crippen molar-refractivity contribution in [1.29, 1.82) is 0 Å². The first-order chi connectivity index (χ1) is 9.78. The molecule has 2 aromatic rings. The van der Waals surface area contributed by atoms with Gasteiger partial charge in [0.1, 0.15) is 0 Å². The van der Waals surface area contributed by atoms with Crippen LogP contribution in [0.4, 0.5) is 0 Å². The van der Waals surface area contributed by atoms with Gasteiger partial charge < -0.3 is 5.32 Å². The zero-order valence-corrected chi connectivity index (χ0v) is 12.5. The van der Waals surface area contributed by atoms with E-state index in [1.54, 1.807) is 6.20 Å². The number of nitrogens with zero attached hydrogens (tertiary/aromatic N) is 1. The molecule has 20 heavy (non-hydrogen) atoms. The molecule has 0 aliphatic heterocycles. The van der Waals surface area contributed by atoms with Crippen molar-refractivity contribution in [3.05, 3.63) is 63.9 Å². The number of pyridine rings is 1. The first-order valence-corrected chi connectivity index (χ1v) is 7.54. The molecule has 1 aliphatic carbocycles. The van der Waals surface area contributed by atoms with E-state index in [-0.39, 0.29) is 6.04 Å². The highest BCUT2D eigenvalue weighted by molar-refractivity contribution is 6.31. The molecule has 0 radical (unpaired) electrons. The molecule has 1 atom stereocenters. The summed E-state index contributed by atoms with van der Waals surface area (Å²) >= 11 is 6.26. The maximum absolute atomic E-state index is 6.26. The quantitative estimate of drug-likeness (QED) is 0.926. The van der Waals surface area contributed by atoms with Crippen molar-refractivity contribution in [2.24, 2.45) is 0 Å². The minimum absolute atomic E-state index is 0.156. The summed E-state index contributed by atoms with van der Waals surface area (Å²) in [5.41, 5.74) is 5.32. The van der Waals surface area contributed by atoms with Crippen LogP contribution in [-0.2, 0) is 19.3 Å². The summed E-state index contributed by atoms with van der Waals surface area (Å²) in [6, 6.07) is 10.8. The largest absolute Gasteiger partial charge is 0.311 e. The lowest BCUT2D eigenvalue weighted by molar-refractivity contribution is 0.576. The number of rotatable bonds is 4. The maximum Gasteiger partial charge on any atom is 0.0762 e. The SMILES string of the molecule is CNC(Cc1ccc2c(c1)CCC2)c1ncccc1Cl. The highest BCUT2D eigenvalue weighted by atomic mass is 35.5. The van der Waals surface area contributed by atoms with Gasteiger partial charge in [-0.15, -0.1) is 0 Å². The summed E-state index contributed by atoms with van der Waals surface area (Å²) in [4.78, 5) is 4.42. The fraction of sp³-hybridized carbons (Fsp3) is 0.353. The Hall–Kier alpha value is -1.38. The van der Waals surface area contributed by atoms with Crippen LogP contribution in [0.5, 0.6) is 0 Å². The molecule has 1 aromatic heterocycles. The topological polar surface area (TPSA) is 24.9 Å². The van der Waals surface area contributed by atoms with E-state index >= 15 is 0 Å². The van der Waals surface area contributed by atoms with Crippen LogP contribution in [0, 0.1) is 0 Å². The Kier molecular flexibility index (Phi) is 4.04. The van der Waals surface area contributed by atoms with E-state index in [2.05, 4.69) is 28.5 Å². The molecule has 1 heterocycles. The zero-order chi connectivity index (χ0) is 13.9. The monoisotopic (exact) mass is 286 g/mol. The minimum atomic E-state index is 0.156. The third kappa shape index (κ3) is 2.72. The van der Waals surface area contributed by atoms with Gasteiger partial charge in [0.2, 0.25) is 0 Å². The predicted molar refractivity (Wildman–Crippen MR) is 83.2 cm³/mol. The Morgan fingerprint density at radius 2 is 2.10 bits per heavy atom. The van der Waals surface area contributed by atoms with E-state index < -0.39 is 0 Å². The first-order valence-electron chi connectivity index (χ1n) is 7.16. The van der Waals surface area contributed by atoms with Crippen molar-refractivity contribution in [3.63, 3.8) is 0 Å². The number of aryl methyl sites for hydroxylation is 2. The highest BCUT2D eigenvalue weighted by Gasteiger charge is 2.16. The summed E-state index contributed by atoms with van der Waals surface area (Å²) in [5, 5.41) is 4.06. The first kappa shape index (κ1) is 13.6. The van der Waals surface area contributed by atoms with E-state index in [9.17, 15) is 0 Å². The molecular formula is C17H19ClN2. The van der Waals surface area contributed by atoms with Gasteiger partial charge in [-0.2, -0.15) is 0 Å². The molecule has 104 valence electrons. The number of likely N-dealkylation sites (N-methyl/N-ethyl adjacent to an activating group) is 1. The molecule has 3 heteroatoms. The maximum atomic E-state index is 6.26. The molecule has 0 fully saturated rings. The molecule has 1 N–H and O–H groups in total. The minimum Gasteiger partial charge on any atom is -0.311 e. The van der Waals surface area contributed by atoms with Gasteiger partial charge in [-0.1, -0.05) is 29.8 Å². The Morgan fingerprint density at radius 1 is 1.25 bits per heavy atom. The Morgan fingerprint density at radius 3 is 2.90 bits per heavy atom. The summed E-state index contributed by atoms with van der Waals surface area (Å²) < 4.78 is 0. The lowest BCUT2D eigenvalue weighted by Gasteiger charge is -2.17. The van der Waals surface area contributed by atoms with Crippen LogP contribution in [-0.4, -0.2) is 12.0 Å². The zero-order valence-electron chi connectivity index (χ0n) is 11.7. The molecule has 1 aromatic carbocycles. The van der Waals surface area contributed by atoms with Gasteiger partial charge in [-0.05, 0) is 61.6 Å². The highest BCUT2D eigenvalue weighted by Crippen LogP contribution is 2.27. The molecule has 1 aliphatic rings. The van der Waals surface area contributed by atoms with Crippen molar-refractivity contribution in [2.45, 2.75) is 31.7 Å². The van der Waals surface area contributed by atoms with Crippen molar-refractivity contribution in [2.75, 3.05) is 7.05 Å². The van der Waals surface area contributed by atoms with E-state index in [1.165, 1.54) is 36.0 Å². The van der Waals surface area contributed by atoms with E-state index in [0.29, 0.717) is 0 Å². The van der Waals surface area contributed by atoms with Crippen LogP contribution < -0.4 is 5.32 Å². The molecule has 0 saturated heterocycles. The van der Waals surface area contributed by atoms with Gasteiger partial charge in [-0.3, -0.25) is 4.98 Å². The number of fused-ring (bicyclic) bond motifs is 1. The van der Waals surface area contributed by atoms with Crippen LogP contribution in [0.3, 0.4) is 0 Å². The second kappa shape index (κ2) is 5.94. The second-order valence-electron chi connectivity index (χ2n) is 5.37. The number of benzene rings is 1. The predicted octanol–water partition coefficient (Wildman–Crippen LogP) is 3.73. The molecule has 3 rings (SSSR count). The Balaban J connectivity index is 1.83. The van der Waals surface area contributed by atoms with Crippen LogP contribution in [0.25, 0.3) is 0 Å². The standard InChI is InChI=1S/C17H19ClN2/c1-19-16(17-15(18)6-3-9-20-17)11-12-7-8-13-4-2-5-14(13)10-12/h3,6-10,16,19H,2,4-5,11H2,1H3. The number of nitrogens with one attached hydrogen (secondary N) is 1. The molecule has 2 nitrogen and oxygen atoms in total. The molecule has 0 bridgehead atoms. The fourth-order valence-corrected chi connectivity index (χ4v) is 3.23. The third-order valence-electron chi connectivity index (χ3n) is 4.07. The molecule has 0 saturated carbocycles. The lowest BCUT2D eigenvalue weighted by atomic mass is 9.99. The molecule has 0 amide bonds. The summed E-state index contributed by atoms with van der Waals surface area (Å²) in [6.45, 7) is 0. The van der Waals surface area contributed by atoms with E-state index in [4.69, 9.17) is 11.6 Å². The van der Waals surface area contributed by atoms with Gasteiger partial charge in [0.05, 0.1) is 16.8 Å². The normalized spacial score (nSPS) is 15.1. The number of halogens is 1. The smallest absolute Gasteiger partial charge is 0.0762 e. The average molecular weight is 287 g/mol. The summed E-state index contributed by atoms with van der Waals surface area (Å²) in [6.07, 6.45) is 6.46. The van der Waals surface area contributed by atoms with E-state index in [0.717, 1.165) is 17.1 Å². The van der Waals surface area contributed by atoms with Gasteiger partial charge in [0.25, 0.3) is 0 Å². The summed E-state index contributed by atoms with van der Waals surface area (Å²) in [7, 11) is 1.96. The second-order valence-corrected chi connectivity index (χ2v) is 5.78. The van der Waals surface area contributed by atoms with Crippen LogP contribution in [0.15, 0.2) is 36.5 Å². The molecular weight excluding hydrogens is 268 g/mol. The molecule has 1 unspecified atom stereocenters. The van der Waals surface area contributed by atoms with Gasteiger partial charge in [-0.25, -0.2) is 0 Å². The van der Waals surface area contributed by atoms with Crippen LogP contribution >= 0.6 is 11.6 Å². The number of hydrogen-bond donors (Lipinski definition) is 1. The van der Waals surface area contributed by atoms with E-state index in [1.807, 2.05) is 19.2 Å². The van der Waals surface area contributed by atoms with Gasteiger partial charge in [0, 0.05) is 6.20 Å². The fourth-order valence-electron chi connectivity index (χ4n) is 2.98. The summed E-state index contributed by atoms with van der Waals surface area (Å²) in [5.74, 6) is 0.